The molecule has 0 heterocycles. The van der Waals surface area contributed by atoms with Crippen molar-refractivity contribution in [2.24, 2.45) is 0 Å². The minimum Gasteiger partial charge on any atom is -0.530 e. The molecule has 0 fully saturated rings. The molecule has 0 bridgehead atoms. The maximum absolute atomic E-state index is 11.2. The van der Waals surface area contributed by atoms with Gasteiger partial charge in [-0.1, -0.05) is 54.6 Å². The van der Waals surface area contributed by atoms with Crippen molar-refractivity contribution in [2.75, 3.05) is 0 Å². The molecule has 0 aliphatic carbocycles. The smallest absolute Gasteiger partial charge is 0.137 e. The van der Waals surface area contributed by atoms with Crippen LogP contribution in [0.15, 0.2) is 54.6 Å². The van der Waals surface area contributed by atoms with Crippen molar-refractivity contribution in [3.05, 3.63) is 71.3 Å². The van der Waals surface area contributed by atoms with Gasteiger partial charge < -0.3 is 19.9 Å². The normalized spacial score (nSPS) is 10.2. The molecule has 2 aromatic rings. The van der Waals surface area contributed by atoms with Gasteiger partial charge in [0, 0.05) is 13.1 Å². The molecule has 0 saturated heterocycles. The Morgan fingerprint density at radius 1 is 0.900 bits per heavy atom. The topological polar surface area (TPSA) is 63.6 Å². The fourth-order valence-corrected chi connectivity index (χ4v) is 1.96. The second-order valence-corrected chi connectivity index (χ2v) is 4.58. The number of amides is 1. The average Bonchev–Trinajstić information content (AvgIpc) is 2.48. The summed E-state index contributed by atoms with van der Waals surface area (Å²) in [4.78, 5) is 12.5. The largest absolute Gasteiger partial charge is 0.530 e. The molecule has 0 radical (unpaired) electrons. The van der Waals surface area contributed by atoms with E-state index in [1.165, 1.54) is 4.90 Å². The summed E-state index contributed by atoms with van der Waals surface area (Å²) in [5.74, 6) is 0. The van der Waals surface area contributed by atoms with Crippen LogP contribution >= 0.6 is 0 Å². The van der Waals surface area contributed by atoms with E-state index < -0.39 is 6.09 Å². The molecule has 104 valence electrons. The van der Waals surface area contributed by atoms with Crippen LogP contribution in [-0.4, -0.2) is 16.1 Å². The zero-order valence-electron chi connectivity index (χ0n) is 11.0. The Kier molecular flexibility index (Phi) is 4.74. The number of aliphatic hydroxyl groups excluding tert-OH is 1. The van der Waals surface area contributed by atoms with Gasteiger partial charge in [-0.05, 0) is 16.7 Å². The molecular formula is C16H16NO3-. The summed E-state index contributed by atoms with van der Waals surface area (Å²) in [5, 5.41) is 20.2. The van der Waals surface area contributed by atoms with E-state index >= 15 is 0 Å². The van der Waals surface area contributed by atoms with Gasteiger partial charge in [0.15, 0.2) is 0 Å². The van der Waals surface area contributed by atoms with Gasteiger partial charge in [0.05, 0.1) is 6.61 Å². The van der Waals surface area contributed by atoms with Gasteiger partial charge in [0.2, 0.25) is 0 Å². The molecule has 2 aromatic carbocycles. The first-order chi connectivity index (χ1) is 9.69. The monoisotopic (exact) mass is 270 g/mol. The van der Waals surface area contributed by atoms with Gasteiger partial charge in [-0.3, -0.25) is 0 Å². The Morgan fingerprint density at radius 2 is 1.40 bits per heavy atom. The van der Waals surface area contributed by atoms with E-state index in [4.69, 9.17) is 5.11 Å². The maximum atomic E-state index is 11.2. The molecule has 2 rings (SSSR count). The Hall–Kier alpha value is -2.33. The van der Waals surface area contributed by atoms with E-state index in [-0.39, 0.29) is 13.2 Å². The highest BCUT2D eigenvalue weighted by molar-refractivity contribution is 5.62. The highest BCUT2D eigenvalue weighted by atomic mass is 16.4. The molecule has 0 atom stereocenters. The first-order valence-corrected chi connectivity index (χ1v) is 6.37. The summed E-state index contributed by atoms with van der Waals surface area (Å²) in [5.41, 5.74) is 2.59. The van der Waals surface area contributed by atoms with Gasteiger partial charge in [-0.25, -0.2) is 0 Å². The fraction of sp³-hybridized carbons (Fsp3) is 0.188. The number of carbonyl (C=O) groups is 1. The number of nitrogens with zero attached hydrogens (tertiary/aromatic N) is 1. The second kappa shape index (κ2) is 6.73. The molecule has 0 aliphatic rings. The van der Waals surface area contributed by atoms with Crippen molar-refractivity contribution < 1.29 is 15.0 Å². The first kappa shape index (κ1) is 14.1. The van der Waals surface area contributed by atoms with Crippen LogP contribution in [0, 0.1) is 0 Å². The Labute approximate surface area is 117 Å². The number of rotatable bonds is 5. The van der Waals surface area contributed by atoms with E-state index in [2.05, 4.69) is 0 Å². The van der Waals surface area contributed by atoms with Gasteiger partial charge in [-0.2, -0.15) is 0 Å². The predicted molar refractivity (Wildman–Crippen MR) is 73.4 cm³/mol. The lowest BCUT2D eigenvalue weighted by Crippen LogP contribution is -2.40. The van der Waals surface area contributed by atoms with Gasteiger partial charge in [0.25, 0.3) is 0 Å². The summed E-state index contributed by atoms with van der Waals surface area (Å²) < 4.78 is 0. The average molecular weight is 270 g/mol. The Balaban J connectivity index is 2.07. The summed E-state index contributed by atoms with van der Waals surface area (Å²) in [6, 6.07) is 16.6. The zero-order valence-corrected chi connectivity index (χ0v) is 11.0. The molecule has 0 unspecified atom stereocenters. The summed E-state index contributed by atoms with van der Waals surface area (Å²) in [7, 11) is 0. The molecule has 20 heavy (non-hydrogen) atoms. The zero-order chi connectivity index (χ0) is 14.4. The molecule has 1 N–H and O–H groups in total. The van der Waals surface area contributed by atoms with Crippen LogP contribution in [-0.2, 0) is 19.7 Å². The van der Waals surface area contributed by atoms with Crippen LogP contribution < -0.4 is 5.11 Å². The summed E-state index contributed by atoms with van der Waals surface area (Å²) in [6.07, 6.45) is -1.19. The molecule has 0 aliphatic heterocycles. The van der Waals surface area contributed by atoms with Crippen LogP contribution in [0.25, 0.3) is 0 Å². The van der Waals surface area contributed by atoms with Crippen molar-refractivity contribution in [3.63, 3.8) is 0 Å². The number of carbonyl (C=O) groups excluding carboxylic acids is 1. The van der Waals surface area contributed by atoms with E-state index in [1.54, 1.807) is 12.1 Å². The van der Waals surface area contributed by atoms with Crippen molar-refractivity contribution in [1.82, 2.24) is 4.90 Å². The minimum atomic E-state index is -1.19. The third-order valence-electron chi connectivity index (χ3n) is 3.05. The Morgan fingerprint density at radius 3 is 1.90 bits per heavy atom. The number of hydrogen-bond donors (Lipinski definition) is 1. The lowest BCUT2D eigenvalue weighted by molar-refractivity contribution is -0.267. The van der Waals surface area contributed by atoms with Crippen molar-refractivity contribution >= 4 is 6.09 Å². The second-order valence-electron chi connectivity index (χ2n) is 4.58. The predicted octanol–water partition coefficient (Wildman–Crippen LogP) is 1.52. The highest BCUT2D eigenvalue weighted by Gasteiger charge is 2.06. The van der Waals surface area contributed by atoms with Gasteiger partial charge >= 0.3 is 0 Å². The SMILES string of the molecule is O=C([O-])N(Cc1ccccc1)Cc1ccc(CO)cc1. The van der Waals surface area contributed by atoms with E-state index in [9.17, 15) is 9.90 Å². The van der Waals surface area contributed by atoms with Crippen LogP contribution in [0.1, 0.15) is 16.7 Å². The lowest BCUT2D eigenvalue weighted by Gasteiger charge is -2.25. The van der Waals surface area contributed by atoms with Crippen LogP contribution in [0.5, 0.6) is 0 Å². The Bertz CT molecular complexity index is 552. The first-order valence-electron chi connectivity index (χ1n) is 6.37. The molecule has 0 aromatic heterocycles. The molecule has 0 spiro atoms. The third-order valence-corrected chi connectivity index (χ3v) is 3.05. The van der Waals surface area contributed by atoms with Crippen LogP contribution in [0.3, 0.4) is 0 Å². The lowest BCUT2D eigenvalue weighted by atomic mass is 10.1. The van der Waals surface area contributed by atoms with Gasteiger partial charge in [0.1, 0.15) is 6.09 Å². The van der Waals surface area contributed by atoms with E-state index in [0.717, 1.165) is 16.7 Å². The molecular weight excluding hydrogens is 254 g/mol. The van der Waals surface area contributed by atoms with Crippen molar-refractivity contribution in [3.8, 4) is 0 Å². The molecule has 4 heteroatoms. The van der Waals surface area contributed by atoms with E-state index in [0.29, 0.717) is 6.54 Å². The highest BCUT2D eigenvalue weighted by Crippen LogP contribution is 2.11. The maximum Gasteiger partial charge on any atom is 0.137 e. The van der Waals surface area contributed by atoms with Crippen molar-refractivity contribution in [1.29, 1.82) is 0 Å². The minimum absolute atomic E-state index is 0.0193. The van der Waals surface area contributed by atoms with Crippen LogP contribution in [0.2, 0.25) is 0 Å². The van der Waals surface area contributed by atoms with E-state index in [1.807, 2.05) is 42.5 Å². The number of benzene rings is 2. The molecule has 1 amide bonds. The summed E-state index contributed by atoms with van der Waals surface area (Å²) in [6.45, 7) is 0.544. The third kappa shape index (κ3) is 3.83. The molecule has 4 nitrogen and oxygen atoms in total. The van der Waals surface area contributed by atoms with Crippen molar-refractivity contribution in [2.45, 2.75) is 19.7 Å². The standard InChI is InChI=1S/C16H17NO3/c18-12-15-8-6-14(7-9-15)11-17(16(19)20)10-13-4-2-1-3-5-13/h1-9,18H,10-12H2,(H,19,20)/p-1. The van der Waals surface area contributed by atoms with Gasteiger partial charge in [-0.15, -0.1) is 0 Å². The quantitative estimate of drug-likeness (QED) is 0.896. The van der Waals surface area contributed by atoms with Crippen LogP contribution in [0.4, 0.5) is 4.79 Å². The fourth-order valence-electron chi connectivity index (χ4n) is 1.96. The summed E-state index contributed by atoms with van der Waals surface area (Å²) >= 11 is 0. The number of carboxylic acid groups (broad SMARTS) is 1. The molecule has 0 saturated carbocycles. The number of aliphatic hydroxyl groups is 1. The number of hydrogen-bond acceptors (Lipinski definition) is 3.